The molecule has 1 aliphatic carbocycles. The Morgan fingerprint density at radius 3 is 2.59 bits per heavy atom. The highest BCUT2D eigenvalue weighted by molar-refractivity contribution is 5.70. The quantitative estimate of drug-likeness (QED) is 0.380. The van der Waals surface area contributed by atoms with Crippen molar-refractivity contribution in [3.63, 3.8) is 0 Å². The van der Waals surface area contributed by atoms with Gasteiger partial charge in [0.25, 0.3) is 0 Å². The zero-order valence-electron chi connectivity index (χ0n) is 21.3. The maximum absolute atomic E-state index is 5.05. The molecule has 0 amide bonds. The van der Waals surface area contributed by atoms with Crippen LogP contribution in [0.1, 0.15) is 57.6 Å². The van der Waals surface area contributed by atoms with Crippen molar-refractivity contribution in [2.45, 2.75) is 65.3 Å². The van der Waals surface area contributed by atoms with Crippen molar-refractivity contribution in [1.29, 1.82) is 0 Å². The van der Waals surface area contributed by atoms with Gasteiger partial charge in [-0.2, -0.15) is 10.1 Å². The molecule has 1 aliphatic rings. The molecule has 0 aliphatic heterocycles. The molecule has 6 heteroatoms. The number of allylic oxidation sites excluding steroid dienone is 1. The molecular formula is C28H38N6. The van der Waals surface area contributed by atoms with E-state index in [4.69, 9.17) is 9.97 Å². The highest BCUT2D eigenvalue weighted by Gasteiger charge is 2.25. The smallest absolute Gasteiger partial charge is 0.229 e. The van der Waals surface area contributed by atoms with Gasteiger partial charge < -0.3 is 10.2 Å². The molecule has 0 bridgehead atoms. The standard InChI is InChI=1S/C28H38N6/c1-7-20-15-21(23-18-30-33(5)19-23)13-14-25(20)31-27-29-17-22(16-28(3,4)8-2)26(32-27)34(6)24-11-9-10-12-24/h8,13-15,17-19,24H,2,7,9-12,16H2,1,3-6H3,(H,29,31,32). The summed E-state index contributed by atoms with van der Waals surface area (Å²) in [7, 11) is 4.13. The number of rotatable bonds is 9. The molecule has 0 radical (unpaired) electrons. The first-order valence-electron chi connectivity index (χ1n) is 12.4. The van der Waals surface area contributed by atoms with Crippen molar-refractivity contribution in [3.8, 4) is 11.1 Å². The van der Waals surface area contributed by atoms with Gasteiger partial charge in [-0.1, -0.05) is 45.8 Å². The average Bonchev–Trinajstić information content (AvgIpc) is 3.52. The number of aryl methyl sites for hydroxylation is 2. The summed E-state index contributed by atoms with van der Waals surface area (Å²) < 4.78 is 1.83. The normalized spacial score (nSPS) is 14.4. The van der Waals surface area contributed by atoms with E-state index in [1.807, 2.05) is 36.4 Å². The number of nitrogens with one attached hydrogen (secondary N) is 1. The minimum absolute atomic E-state index is 0.0128. The Hall–Kier alpha value is -3.15. The number of aromatic nitrogens is 4. The molecule has 1 aromatic carbocycles. The molecule has 0 spiro atoms. The van der Waals surface area contributed by atoms with Crippen molar-refractivity contribution in [1.82, 2.24) is 19.7 Å². The van der Waals surface area contributed by atoms with Crippen LogP contribution in [0.2, 0.25) is 0 Å². The van der Waals surface area contributed by atoms with Crippen LogP contribution in [-0.4, -0.2) is 32.8 Å². The Morgan fingerprint density at radius 2 is 1.94 bits per heavy atom. The van der Waals surface area contributed by atoms with E-state index in [2.05, 4.69) is 67.9 Å². The Labute approximate surface area is 204 Å². The summed E-state index contributed by atoms with van der Waals surface area (Å²) in [4.78, 5) is 12.1. The summed E-state index contributed by atoms with van der Waals surface area (Å²) >= 11 is 0. The topological polar surface area (TPSA) is 58.9 Å². The van der Waals surface area contributed by atoms with E-state index >= 15 is 0 Å². The van der Waals surface area contributed by atoms with Crippen LogP contribution in [0, 0.1) is 5.41 Å². The second kappa shape index (κ2) is 10.00. The van der Waals surface area contributed by atoms with Crippen molar-refractivity contribution in [2.24, 2.45) is 12.5 Å². The first kappa shape index (κ1) is 24.0. The lowest BCUT2D eigenvalue weighted by Crippen LogP contribution is -2.31. The molecule has 0 saturated heterocycles. The molecule has 180 valence electrons. The van der Waals surface area contributed by atoms with E-state index in [0.717, 1.165) is 29.9 Å². The molecule has 2 heterocycles. The minimum atomic E-state index is -0.0128. The minimum Gasteiger partial charge on any atom is -0.356 e. The Kier molecular flexibility index (Phi) is 7.05. The maximum Gasteiger partial charge on any atom is 0.229 e. The van der Waals surface area contributed by atoms with Gasteiger partial charge in [0.15, 0.2) is 0 Å². The lowest BCUT2D eigenvalue weighted by molar-refractivity contribution is 0.476. The zero-order chi connectivity index (χ0) is 24.3. The van der Waals surface area contributed by atoms with Crippen LogP contribution in [0.5, 0.6) is 0 Å². The number of nitrogens with zero attached hydrogens (tertiary/aromatic N) is 5. The lowest BCUT2D eigenvalue weighted by atomic mass is 9.86. The average molecular weight is 459 g/mol. The number of hydrogen-bond acceptors (Lipinski definition) is 5. The Morgan fingerprint density at radius 1 is 1.18 bits per heavy atom. The fourth-order valence-electron chi connectivity index (χ4n) is 4.79. The van der Waals surface area contributed by atoms with Crippen LogP contribution in [0.3, 0.4) is 0 Å². The molecule has 1 N–H and O–H groups in total. The van der Waals surface area contributed by atoms with E-state index < -0.39 is 0 Å². The van der Waals surface area contributed by atoms with Gasteiger partial charge in [-0.15, -0.1) is 6.58 Å². The second-order valence-corrected chi connectivity index (χ2v) is 10.2. The van der Waals surface area contributed by atoms with Gasteiger partial charge in [0, 0.05) is 49.3 Å². The molecule has 6 nitrogen and oxygen atoms in total. The van der Waals surface area contributed by atoms with Crippen LogP contribution < -0.4 is 10.2 Å². The first-order chi connectivity index (χ1) is 16.3. The highest BCUT2D eigenvalue weighted by atomic mass is 15.2. The van der Waals surface area contributed by atoms with Crippen LogP contribution in [0.25, 0.3) is 11.1 Å². The van der Waals surface area contributed by atoms with Crippen LogP contribution in [0.4, 0.5) is 17.5 Å². The summed E-state index contributed by atoms with van der Waals surface area (Å²) in [5.41, 5.74) is 5.72. The third-order valence-corrected chi connectivity index (χ3v) is 7.02. The molecule has 34 heavy (non-hydrogen) atoms. The van der Waals surface area contributed by atoms with Gasteiger partial charge in [0.1, 0.15) is 5.82 Å². The van der Waals surface area contributed by atoms with Gasteiger partial charge in [-0.05, 0) is 54.4 Å². The SMILES string of the molecule is C=CC(C)(C)Cc1cnc(Nc2ccc(-c3cnn(C)c3)cc2CC)nc1N(C)C1CCCC1. The van der Waals surface area contributed by atoms with Gasteiger partial charge in [0.2, 0.25) is 5.95 Å². The zero-order valence-corrected chi connectivity index (χ0v) is 21.3. The van der Waals surface area contributed by atoms with Gasteiger partial charge in [0.05, 0.1) is 6.20 Å². The number of benzene rings is 1. The fourth-order valence-corrected chi connectivity index (χ4v) is 4.79. The van der Waals surface area contributed by atoms with Crippen molar-refractivity contribution in [3.05, 3.63) is 60.6 Å². The summed E-state index contributed by atoms with van der Waals surface area (Å²) in [5.74, 6) is 1.67. The molecule has 2 aromatic heterocycles. The van der Waals surface area contributed by atoms with Gasteiger partial charge in [-0.25, -0.2) is 4.98 Å². The highest BCUT2D eigenvalue weighted by Crippen LogP contribution is 2.33. The monoisotopic (exact) mass is 458 g/mol. The van der Waals surface area contributed by atoms with E-state index in [0.29, 0.717) is 12.0 Å². The van der Waals surface area contributed by atoms with Crippen LogP contribution in [-0.2, 0) is 19.9 Å². The van der Waals surface area contributed by atoms with E-state index in [-0.39, 0.29) is 5.41 Å². The third-order valence-electron chi connectivity index (χ3n) is 7.02. The Balaban J connectivity index is 1.65. The lowest BCUT2D eigenvalue weighted by Gasteiger charge is -2.30. The number of anilines is 3. The summed E-state index contributed by atoms with van der Waals surface area (Å²) in [6, 6.07) is 7.02. The van der Waals surface area contributed by atoms with Crippen LogP contribution in [0.15, 0.2) is 49.4 Å². The molecule has 1 saturated carbocycles. The fraction of sp³-hybridized carbons (Fsp3) is 0.464. The number of hydrogen-bond donors (Lipinski definition) is 1. The van der Waals surface area contributed by atoms with Crippen molar-refractivity contribution >= 4 is 17.5 Å². The largest absolute Gasteiger partial charge is 0.356 e. The molecule has 1 fully saturated rings. The first-order valence-corrected chi connectivity index (χ1v) is 12.4. The molecule has 0 atom stereocenters. The molecular weight excluding hydrogens is 420 g/mol. The summed E-state index contributed by atoms with van der Waals surface area (Å²) in [6.45, 7) is 10.6. The van der Waals surface area contributed by atoms with E-state index in [1.165, 1.54) is 42.4 Å². The molecule has 0 unspecified atom stereocenters. The predicted molar refractivity (Wildman–Crippen MR) is 142 cm³/mol. The predicted octanol–water partition coefficient (Wildman–Crippen LogP) is 6.32. The van der Waals surface area contributed by atoms with Gasteiger partial charge >= 0.3 is 0 Å². The van der Waals surface area contributed by atoms with Crippen molar-refractivity contribution in [2.75, 3.05) is 17.3 Å². The van der Waals surface area contributed by atoms with E-state index in [1.54, 1.807) is 0 Å². The van der Waals surface area contributed by atoms with Crippen molar-refractivity contribution < 1.29 is 0 Å². The Bertz CT molecular complexity index is 1140. The second-order valence-electron chi connectivity index (χ2n) is 10.2. The maximum atomic E-state index is 5.05. The molecule has 3 aromatic rings. The summed E-state index contributed by atoms with van der Waals surface area (Å²) in [5, 5.41) is 7.81. The van der Waals surface area contributed by atoms with Gasteiger partial charge in [-0.3, -0.25) is 4.68 Å². The summed E-state index contributed by atoms with van der Waals surface area (Å²) in [6.07, 6.45) is 14.8. The van der Waals surface area contributed by atoms with Crippen LogP contribution >= 0.6 is 0 Å². The third kappa shape index (κ3) is 5.32. The molecule has 4 rings (SSSR count). The van der Waals surface area contributed by atoms with E-state index in [9.17, 15) is 0 Å².